The minimum Gasteiger partial charge on any atom is -0.495 e. The Kier molecular flexibility index (Phi) is 5.04. The Labute approximate surface area is 128 Å². The molecule has 0 heterocycles. The van der Waals surface area contributed by atoms with Gasteiger partial charge in [-0.2, -0.15) is 0 Å². The van der Waals surface area contributed by atoms with E-state index in [1.165, 1.54) is 13.2 Å². The van der Waals surface area contributed by atoms with Gasteiger partial charge in [0.2, 0.25) is 0 Å². The van der Waals surface area contributed by atoms with E-state index >= 15 is 0 Å². The maximum Gasteiger partial charge on any atom is 0.165 e. The van der Waals surface area contributed by atoms with Crippen molar-refractivity contribution in [1.29, 1.82) is 0 Å². The summed E-state index contributed by atoms with van der Waals surface area (Å²) in [6.45, 7) is 0. The molecule has 21 heavy (non-hydrogen) atoms. The number of hydrogen-bond acceptors (Lipinski definition) is 3. The number of hydrogen-bond donors (Lipinski definition) is 1. The molecule has 5 heteroatoms. The van der Waals surface area contributed by atoms with Gasteiger partial charge in [0.05, 0.1) is 25.3 Å². The zero-order valence-electron chi connectivity index (χ0n) is 12.1. The van der Waals surface area contributed by atoms with Gasteiger partial charge in [-0.05, 0) is 42.4 Å². The van der Waals surface area contributed by atoms with E-state index in [0.29, 0.717) is 10.8 Å². The second kappa shape index (κ2) is 6.78. The number of nitrogens with one attached hydrogen (secondary N) is 1. The van der Waals surface area contributed by atoms with Crippen molar-refractivity contribution in [3.63, 3.8) is 0 Å². The van der Waals surface area contributed by atoms with Crippen molar-refractivity contribution in [2.24, 2.45) is 0 Å². The van der Waals surface area contributed by atoms with E-state index < -0.39 is 0 Å². The molecule has 0 radical (unpaired) electrons. The lowest BCUT2D eigenvalue weighted by Crippen LogP contribution is -2.18. The fourth-order valence-corrected chi connectivity index (χ4v) is 2.43. The molecule has 0 spiro atoms. The van der Waals surface area contributed by atoms with E-state index in [2.05, 4.69) is 5.32 Å². The van der Waals surface area contributed by atoms with Crippen molar-refractivity contribution in [2.45, 2.75) is 6.04 Å². The molecule has 1 atom stereocenters. The monoisotopic (exact) mass is 309 g/mol. The summed E-state index contributed by atoms with van der Waals surface area (Å²) in [4.78, 5) is 0. The van der Waals surface area contributed by atoms with Gasteiger partial charge in [-0.3, -0.25) is 0 Å². The topological polar surface area (TPSA) is 30.5 Å². The average Bonchev–Trinajstić information content (AvgIpc) is 2.51. The predicted molar refractivity (Wildman–Crippen MR) is 81.9 cm³/mol. The van der Waals surface area contributed by atoms with Crippen molar-refractivity contribution in [3.8, 4) is 11.5 Å². The van der Waals surface area contributed by atoms with Gasteiger partial charge >= 0.3 is 0 Å². The van der Waals surface area contributed by atoms with E-state index in [0.717, 1.165) is 11.1 Å². The van der Waals surface area contributed by atoms with E-state index in [-0.39, 0.29) is 17.6 Å². The van der Waals surface area contributed by atoms with Crippen LogP contribution >= 0.6 is 11.6 Å². The number of halogens is 2. The second-order valence-electron chi connectivity index (χ2n) is 4.51. The van der Waals surface area contributed by atoms with Crippen LogP contribution in [0, 0.1) is 5.82 Å². The van der Waals surface area contributed by atoms with Gasteiger partial charge in [0.25, 0.3) is 0 Å². The van der Waals surface area contributed by atoms with Crippen molar-refractivity contribution in [2.75, 3.05) is 21.3 Å². The highest BCUT2D eigenvalue weighted by atomic mass is 35.5. The highest BCUT2D eigenvalue weighted by molar-refractivity contribution is 6.32. The predicted octanol–water partition coefficient (Wildman–Crippen LogP) is 3.81. The Morgan fingerprint density at radius 3 is 2.14 bits per heavy atom. The Morgan fingerprint density at radius 1 is 1.00 bits per heavy atom. The maximum atomic E-state index is 13.5. The Hall–Kier alpha value is -1.78. The summed E-state index contributed by atoms with van der Waals surface area (Å²) in [7, 11) is 4.85. The van der Waals surface area contributed by atoms with Crippen LogP contribution in [0.5, 0.6) is 11.5 Å². The quantitative estimate of drug-likeness (QED) is 0.911. The van der Waals surface area contributed by atoms with Crippen LogP contribution in [-0.2, 0) is 0 Å². The minimum atomic E-state index is -0.384. The lowest BCUT2D eigenvalue weighted by molar-refractivity contribution is 0.385. The lowest BCUT2D eigenvalue weighted by atomic mass is 9.98. The smallest absolute Gasteiger partial charge is 0.165 e. The van der Waals surface area contributed by atoms with Crippen molar-refractivity contribution >= 4 is 11.6 Å². The van der Waals surface area contributed by atoms with E-state index in [9.17, 15) is 4.39 Å². The molecule has 2 aromatic rings. The normalized spacial score (nSPS) is 12.0. The van der Waals surface area contributed by atoms with Crippen LogP contribution in [-0.4, -0.2) is 21.3 Å². The Balaban J connectivity index is 2.44. The van der Waals surface area contributed by atoms with E-state index in [4.69, 9.17) is 21.1 Å². The first-order chi connectivity index (χ1) is 10.1. The standard InChI is InChI=1S/C16H17ClFNO2/c1-19-16(10-4-6-12(17)14(8-10)20-2)11-5-7-13(18)15(9-11)21-3/h4-9,16,19H,1-3H3. The summed E-state index contributed by atoms with van der Waals surface area (Å²) in [6.07, 6.45) is 0. The van der Waals surface area contributed by atoms with Crippen LogP contribution in [0.15, 0.2) is 36.4 Å². The third-order valence-electron chi connectivity index (χ3n) is 3.31. The first-order valence-corrected chi connectivity index (χ1v) is 6.82. The fraction of sp³-hybridized carbons (Fsp3) is 0.250. The molecule has 0 aromatic heterocycles. The molecule has 0 bridgehead atoms. The number of ether oxygens (including phenoxy) is 2. The molecule has 1 N–H and O–H groups in total. The van der Waals surface area contributed by atoms with E-state index in [1.54, 1.807) is 25.3 Å². The molecular formula is C16H17ClFNO2. The molecule has 0 aliphatic rings. The van der Waals surface area contributed by atoms with Gasteiger partial charge in [-0.25, -0.2) is 4.39 Å². The largest absolute Gasteiger partial charge is 0.495 e. The number of benzene rings is 2. The molecule has 112 valence electrons. The molecule has 1 unspecified atom stereocenters. The van der Waals surface area contributed by atoms with Crippen LogP contribution in [0.1, 0.15) is 17.2 Å². The summed E-state index contributed by atoms with van der Waals surface area (Å²) in [5.74, 6) is 0.432. The van der Waals surface area contributed by atoms with Crippen LogP contribution in [0.4, 0.5) is 4.39 Å². The summed E-state index contributed by atoms with van der Waals surface area (Å²) in [6, 6.07) is 10.2. The Bertz CT molecular complexity index is 580. The van der Waals surface area contributed by atoms with E-state index in [1.807, 2.05) is 19.2 Å². The van der Waals surface area contributed by atoms with Crippen molar-refractivity contribution < 1.29 is 13.9 Å². The first kappa shape index (κ1) is 15.6. The van der Waals surface area contributed by atoms with Crippen LogP contribution in [0.2, 0.25) is 5.02 Å². The molecule has 0 fully saturated rings. The highest BCUT2D eigenvalue weighted by Crippen LogP contribution is 2.32. The zero-order chi connectivity index (χ0) is 15.4. The van der Waals surface area contributed by atoms with Crippen molar-refractivity contribution in [3.05, 3.63) is 58.4 Å². The zero-order valence-corrected chi connectivity index (χ0v) is 12.9. The summed E-state index contributed by atoms with van der Waals surface area (Å²) >= 11 is 6.04. The maximum absolute atomic E-state index is 13.5. The van der Waals surface area contributed by atoms with Crippen molar-refractivity contribution in [1.82, 2.24) is 5.32 Å². The fourth-order valence-electron chi connectivity index (χ4n) is 2.24. The van der Waals surface area contributed by atoms with Gasteiger partial charge in [-0.15, -0.1) is 0 Å². The SMILES string of the molecule is CNC(c1ccc(F)c(OC)c1)c1ccc(Cl)c(OC)c1. The number of methoxy groups -OCH3 is 2. The summed E-state index contributed by atoms with van der Waals surface area (Å²) in [5.41, 5.74) is 1.85. The number of rotatable bonds is 5. The molecule has 2 aromatic carbocycles. The third kappa shape index (κ3) is 3.28. The minimum absolute atomic E-state index is 0.120. The first-order valence-electron chi connectivity index (χ1n) is 6.44. The molecule has 3 nitrogen and oxygen atoms in total. The molecular weight excluding hydrogens is 293 g/mol. The van der Waals surface area contributed by atoms with Crippen LogP contribution in [0.3, 0.4) is 0 Å². The molecule has 2 rings (SSSR count). The van der Waals surface area contributed by atoms with Gasteiger partial charge in [0.1, 0.15) is 5.75 Å². The van der Waals surface area contributed by atoms with Gasteiger partial charge in [0.15, 0.2) is 11.6 Å². The molecule has 0 saturated carbocycles. The summed E-state index contributed by atoms with van der Waals surface area (Å²) in [5, 5.41) is 3.75. The lowest BCUT2D eigenvalue weighted by Gasteiger charge is -2.19. The highest BCUT2D eigenvalue weighted by Gasteiger charge is 2.16. The van der Waals surface area contributed by atoms with Crippen LogP contribution in [0.25, 0.3) is 0 Å². The second-order valence-corrected chi connectivity index (χ2v) is 4.92. The third-order valence-corrected chi connectivity index (χ3v) is 3.62. The molecule has 0 aliphatic carbocycles. The van der Waals surface area contributed by atoms with Gasteiger partial charge in [0, 0.05) is 0 Å². The van der Waals surface area contributed by atoms with Crippen LogP contribution < -0.4 is 14.8 Å². The Morgan fingerprint density at radius 2 is 1.57 bits per heavy atom. The molecule has 0 saturated heterocycles. The molecule has 0 amide bonds. The van der Waals surface area contributed by atoms with Gasteiger partial charge in [-0.1, -0.05) is 23.7 Å². The van der Waals surface area contributed by atoms with Gasteiger partial charge < -0.3 is 14.8 Å². The summed E-state index contributed by atoms with van der Waals surface area (Å²) < 4.78 is 23.8. The average molecular weight is 310 g/mol. The molecule has 0 aliphatic heterocycles.